The van der Waals surface area contributed by atoms with Crippen LogP contribution in [-0.2, 0) is 0 Å². The Bertz CT molecular complexity index is 622. The van der Waals surface area contributed by atoms with Gasteiger partial charge < -0.3 is 11.5 Å². The normalized spacial score (nSPS) is 10.4. The monoisotopic (exact) mass is 274 g/mol. The quantitative estimate of drug-likeness (QED) is 0.658. The van der Waals surface area contributed by atoms with Gasteiger partial charge in [-0.15, -0.1) is 0 Å². The first kappa shape index (κ1) is 13.4. The molecule has 0 unspecified atom stereocenters. The van der Waals surface area contributed by atoms with Gasteiger partial charge in [0.25, 0.3) is 5.91 Å². The van der Waals surface area contributed by atoms with E-state index in [2.05, 4.69) is 9.97 Å². The highest BCUT2D eigenvalue weighted by Gasteiger charge is 2.09. The second-order valence-corrected chi connectivity index (χ2v) is 5.19. The molecule has 0 bridgehead atoms. The van der Waals surface area contributed by atoms with E-state index in [4.69, 9.17) is 11.5 Å². The molecule has 1 aromatic heterocycles. The zero-order valence-corrected chi connectivity index (χ0v) is 11.5. The van der Waals surface area contributed by atoms with Gasteiger partial charge in [-0.2, -0.15) is 0 Å². The van der Waals surface area contributed by atoms with Gasteiger partial charge >= 0.3 is 0 Å². The van der Waals surface area contributed by atoms with Crippen LogP contribution in [0.3, 0.4) is 0 Å². The van der Waals surface area contributed by atoms with Gasteiger partial charge in [0.15, 0.2) is 5.16 Å². The minimum atomic E-state index is -0.540. The molecule has 2 rings (SSSR count). The molecule has 0 aliphatic rings. The van der Waals surface area contributed by atoms with E-state index in [1.165, 1.54) is 11.8 Å². The fraction of sp³-hybridized carbons (Fsp3) is 0.154. The Morgan fingerprint density at radius 3 is 2.37 bits per heavy atom. The maximum absolute atomic E-state index is 11.2. The third kappa shape index (κ3) is 3.23. The zero-order chi connectivity index (χ0) is 14.0. The molecule has 98 valence electrons. The van der Waals surface area contributed by atoms with Crippen LogP contribution >= 0.6 is 11.8 Å². The van der Waals surface area contributed by atoms with E-state index in [9.17, 15) is 4.79 Å². The van der Waals surface area contributed by atoms with Crippen LogP contribution in [0.15, 0.2) is 34.3 Å². The standard InChI is InChI=1S/C13H14N4OS/c1-7-5-8(2)17-13(16-7)19-9-3-4-11(14)10(6-9)12(15)18/h3-6H,14H2,1-2H3,(H2,15,18). The molecule has 2 aromatic rings. The predicted molar refractivity (Wildman–Crippen MR) is 75.0 cm³/mol. The summed E-state index contributed by atoms with van der Waals surface area (Å²) in [5.41, 5.74) is 13.5. The summed E-state index contributed by atoms with van der Waals surface area (Å²) in [5, 5.41) is 0.637. The van der Waals surface area contributed by atoms with Crippen LogP contribution in [0.25, 0.3) is 0 Å². The minimum Gasteiger partial charge on any atom is -0.398 e. The summed E-state index contributed by atoms with van der Waals surface area (Å²) < 4.78 is 0. The van der Waals surface area contributed by atoms with Gasteiger partial charge in [0.05, 0.1) is 5.56 Å². The molecule has 1 heterocycles. The van der Waals surface area contributed by atoms with E-state index >= 15 is 0 Å². The maximum Gasteiger partial charge on any atom is 0.250 e. The van der Waals surface area contributed by atoms with Crippen molar-refractivity contribution in [3.63, 3.8) is 0 Å². The smallest absolute Gasteiger partial charge is 0.250 e. The van der Waals surface area contributed by atoms with Crippen LogP contribution < -0.4 is 11.5 Å². The van der Waals surface area contributed by atoms with Crippen LogP contribution in [0.4, 0.5) is 5.69 Å². The Hall–Kier alpha value is -2.08. The van der Waals surface area contributed by atoms with Crippen LogP contribution in [0.5, 0.6) is 0 Å². The molecule has 0 atom stereocenters. The van der Waals surface area contributed by atoms with Gasteiger partial charge in [0.2, 0.25) is 0 Å². The van der Waals surface area contributed by atoms with E-state index in [1.807, 2.05) is 26.0 Å². The van der Waals surface area contributed by atoms with Gasteiger partial charge in [-0.05, 0) is 49.9 Å². The summed E-state index contributed by atoms with van der Waals surface area (Å²) in [4.78, 5) is 20.7. The number of benzene rings is 1. The number of nitrogens with zero attached hydrogens (tertiary/aromatic N) is 2. The number of hydrogen-bond donors (Lipinski definition) is 2. The molecular formula is C13H14N4OS. The van der Waals surface area contributed by atoms with E-state index in [0.29, 0.717) is 16.4 Å². The number of carbonyl (C=O) groups is 1. The van der Waals surface area contributed by atoms with Gasteiger partial charge in [0, 0.05) is 22.0 Å². The molecular weight excluding hydrogens is 260 g/mol. The Kier molecular flexibility index (Phi) is 3.71. The highest BCUT2D eigenvalue weighted by Crippen LogP contribution is 2.27. The largest absolute Gasteiger partial charge is 0.398 e. The second-order valence-electron chi connectivity index (χ2n) is 4.15. The SMILES string of the molecule is Cc1cc(C)nc(Sc2ccc(N)c(C(N)=O)c2)n1. The van der Waals surface area contributed by atoms with E-state index in [1.54, 1.807) is 12.1 Å². The number of nitrogen functional groups attached to an aromatic ring is 1. The summed E-state index contributed by atoms with van der Waals surface area (Å²) in [6.07, 6.45) is 0. The molecule has 6 heteroatoms. The Morgan fingerprint density at radius 1 is 1.16 bits per heavy atom. The van der Waals surface area contributed by atoms with Crippen molar-refractivity contribution in [2.45, 2.75) is 23.9 Å². The second kappa shape index (κ2) is 5.27. The van der Waals surface area contributed by atoms with Gasteiger partial charge in [-0.25, -0.2) is 9.97 Å². The lowest BCUT2D eigenvalue weighted by atomic mass is 10.2. The van der Waals surface area contributed by atoms with Crippen molar-refractivity contribution < 1.29 is 4.79 Å². The molecule has 0 saturated heterocycles. The molecule has 19 heavy (non-hydrogen) atoms. The first-order valence-electron chi connectivity index (χ1n) is 5.65. The number of anilines is 1. The molecule has 1 amide bonds. The summed E-state index contributed by atoms with van der Waals surface area (Å²) in [7, 11) is 0. The lowest BCUT2D eigenvalue weighted by Gasteiger charge is -2.06. The lowest BCUT2D eigenvalue weighted by Crippen LogP contribution is -2.13. The fourth-order valence-electron chi connectivity index (χ4n) is 1.66. The van der Waals surface area contributed by atoms with Gasteiger partial charge in [-0.1, -0.05) is 0 Å². The van der Waals surface area contributed by atoms with Crippen molar-refractivity contribution in [2.24, 2.45) is 5.73 Å². The van der Waals surface area contributed by atoms with Crippen LogP contribution in [0.1, 0.15) is 21.7 Å². The number of carbonyl (C=O) groups excluding carboxylic acids is 1. The minimum absolute atomic E-state index is 0.314. The molecule has 4 N–H and O–H groups in total. The van der Waals surface area contributed by atoms with Gasteiger partial charge in [-0.3, -0.25) is 4.79 Å². The van der Waals surface area contributed by atoms with E-state index in [-0.39, 0.29) is 0 Å². The molecule has 0 aliphatic carbocycles. The molecule has 0 aliphatic heterocycles. The summed E-state index contributed by atoms with van der Waals surface area (Å²) in [6.45, 7) is 3.83. The van der Waals surface area contributed by atoms with Crippen molar-refractivity contribution in [1.29, 1.82) is 0 Å². The van der Waals surface area contributed by atoms with Crippen molar-refractivity contribution in [3.8, 4) is 0 Å². The molecule has 0 radical (unpaired) electrons. The average Bonchev–Trinajstić information content (AvgIpc) is 2.30. The van der Waals surface area contributed by atoms with Crippen LogP contribution in [-0.4, -0.2) is 15.9 Å². The molecule has 0 fully saturated rings. The first-order chi connectivity index (χ1) is 8.95. The molecule has 0 spiro atoms. The van der Waals surface area contributed by atoms with Gasteiger partial charge in [0.1, 0.15) is 0 Å². The van der Waals surface area contributed by atoms with E-state index < -0.39 is 5.91 Å². The Morgan fingerprint density at radius 2 is 1.79 bits per heavy atom. The van der Waals surface area contributed by atoms with Crippen molar-refractivity contribution in [1.82, 2.24) is 9.97 Å². The Balaban J connectivity index is 2.33. The highest BCUT2D eigenvalue weighted by molar-refractivity contribution is 7.99. The number of hydrogen-bond acceptors (Lipinski definition) is 5. The predicted octanol–water partition coefficient (Wildman–Crippen LogP) is 1.93. The number of rotatable bonds is 3. The molecule has 0 saturated carbocycles. The Labute approximate surface area is 115 Å². The van der Waals surface area contributed by atoms with Crippen molar-refractivity contribution >= 4 is 23.4 Å². The average molecular weight is 274 g/mol. The summed E-state index contributed by atoms with van der Waals surface area (Å²) in [5.74, 6) is -0.540. The molecule has 1 aromatic carbocycles. The number of aromatic nitrogens is 2. The topological polar surface area (TPSA) is 94.9 Å². The summed E-state index contributed by atoms with van der Waals surface area (Å²) >= 11 is 1.37. The number of nitrogens with two attached hydrogens (primary N) is 2. The molecule has 5 nitrogen and oxygen atoms in total. The van der Waals surface area contributed by atoms with Crippen molar-refractivity contribution in [3.05, 3.63) is 41.2 Å². The van der Waals surface area contributed by atoms with Crippen LogP contribution in [0.2, 0.25) is 0 Å². The summed E-state index contributed by atoms with van der Waals surface area (Å²) in [6, 6.07) is 7.03. The highest BCUT2D eigenvalue weighted by atomic mass is 32.2. The first-order valence-corrected chi connectivity index (χ1v) is 6.47. The lowest BCUT2D eigenvalue weighted by molar-refractivity contribution is 0.100. The number of amides is 1. The van der Waals surface area contributed by atoms with Crippen LogP contribution in [0, 0.1) is 13.8 Å². The maximum atomic E-state index is 11.2. The number of primary amides is 1. The number of aryl methyl sites for hydroxylation is 2. The fourth-order valence-corrected chi connectivity index (χ4v) is 2.56. The zero-order valence-electron chi connectivity index (χ0n) is 10.7. The third-order valence-corrected chi connectivity index (χ3v) is 3.32. The third-order valence-electron chi connectivity index (χ3n) is 2.46. The van der Waals surface area contributed by atoms with Crippen molar-refractivity contribution in [2.75, 3.05) is 5.73 Å². The van der Waals surface area contributed by atoms with E-state index in [0.717, 1.165) is 16.3 Å².